The summed E-state index contributed by atoms with van der Waals surface area (Å²) < 4.78 is 13.9. The van der Waals surface area contributed by atoms with E-state index in [0.29, 0.717) is 5.39 Å². The van der Waals surface area contributed by atoms with Crippen LogP contribution in [-0.2, 0) is 19.5 Å². The minimum absolute atomic E-state index is 0.219. The Morgan fingerprint density at radius 2 is 2.14 bits per heavy atom. The van der Waals surface area contributed by atoms with Gasteiger partial charge >= 0.3 is 0 Å². The Labute approximate surface area is 127 Å². The summed E-state index contributed by atoms with van der Waals surface area (Å²) >= 11 is 0. The molecule has 110 valence electrons. The van der Waals surface area contributed by atoms with E-state index < -0.39 is 0 Å². The third kappa shape index (κ3) is 2.33. The minimum atomic E-state index is -0.219. The maximum absolute atomic E-state index is 13.9. The third-order valence-electron chi connectivity index (χ3n) is 4.15. The molecule has 0 radical (unpaired) electrons. The first-order chi connectivity index (χ1) is 10.8. The van der Waals surface area contributed by atoms with Crippen LogP contribution in [0.3, 0.4) is 0 Å². The highest BCUT2D eigenvalue weighted by Crippen LogP contribution is 2.23. The Hall–Kier alpha value is -2.40. The molecule has 4 nitrogen and oxygen atoms in total. The summed E-state index contributed by atoms with van der Waals surface area (Å²) in [5, 5.41) is 0.583. The van der Waals surface area contributed by atoms with Gasteiger partial charge in [-0.05, 0) is 35.7 Å². The third-order valence-corrected chi connectivity index (χ3v) is 4.15. The van der Waals surface area contributed by atoms with Gasteiger partial charge in [0.2, 0.25) is 0 Å². The van der Waals surface area contributed by atoms with E-state index in [0.717, 1.165) is 42.8 Å². The number of nitrogens with zero attached hydrogens (tertiary/aromatic N) is 4. The van der Waals surface area contributed by atoms with Gasteiger partial charge in [-0.1, -0.05) is 6.07 Å². The molecule has 3 aromatic rings. The molecule has 1 aliphatic rings. The Kier molecular flexibility index (Phi) is 3.27. The molecule has 1 aliphatic heterocycles. The summed E-state index contributed by atoms with van der Waals surface area (Å²) in [7, 11) is 0. The average Bonchev–Trinajstić information content (AvgIpc) is 2.58. The van der Waals surface area contributed by atoms with E-state index in [4.69, 9.17) is 0 Å². The number of hydrogen-bond donors (Lipinski definition) is 0. The van der Waals surface area contributed by atoms with Gasteiger partial charge in [-0.3, -0.25) is 9.88 Å². The Morgan fingerprint density at radius 1 is 1.18 bits per heavy atom. The molecular weight excluding hydrogens is 279 g/mol. The van der Waals surface area contributed by atoms with E-state index in [2.05, 4.69) is 19.9 Å². The Balaban J connectivity index is 1.64. The van der Waals surface area contributed by atoms with E-state index in [-0.39, 0.29) is 5.82 Å². The smallest absolute Gasteiger partial charge is 0.132 e. The van der Waals surface area contributed by atoms with Crippen molar-refractivity contribution in [3.05, 3.63) is 65.6 Å². The first-order valence-electron chi connectivity index (χ1n) is 7.33. The normalized spacial score (nSPS) is 15.0. The highest BCUT2D eigenvalue weighted by molar-refractivity contribution is 5.82. The standard InChI is InChI=1S/C17H15FN4/c18-15-4-3-13(17-14(15)2-1-6-20-17)9-22-7-5-12-8-19-11-21-16(12)10-22/h1-4,6,8,11H,5,7,9-10H2. The minimum Gasteiger partial charge on any atom is -0.293 e. The lowest BCUT2D eigenvalue weighted by atomic mass is 10.0. The molecule has 0 aliphatic carbocycles. The van der Waals surface area contributed by atoms with Crippen LogP contribution in [0.1, 0.15) is 16.8 Å². The molecule has 0 unspecified atom stereocenters. The van der Waals surface area contributed by atoms with Crippen molar-refractivity contribution in [3.63, 3.8) is 0 Å². The fourth-order valence-electron chi connectivity index (χ4n) is 3.00. The topological polar surface area (TPSA) is 41.9 Å². The fraction of sp³-hybridized carbons (Fsp3) is 0.235. The molecule has 2 aromatic heterocycles. The van der Waals surface area contributed by atoms with Gasteiger partial charge in [0.15, 0.2) is 0 Å². The zero-order chi connectivity index (χ0) is 14.9. The molecule has 0 atom stereocenters. The summed E-state index contributed by atoms with van der Waals surface area (Å²) in [5.74, 6) is -0.219. The molecule has 0 saturated carbocycles. The highest BCUT2D eigenvalue weighted by atomic mass is 19.1. The van der Waals surface area contributed by atoms with Crippen LogP contribution in [0.4, 0.5) is 4.39 Å². The van der Waals surface area contributed by atoms with Crippen molar-refractivity contribution < 1.29 is 4.39 Å². The van der Waals surface area contributed by atoms with E-state index in [1.54, 1.807) is 24.7 Å². The lowest BCUT2D eigenvalue weighted by Crippen LogP contribution is -2.31. The quantitative estimate of drug-likeness (QED) is 0.729. The summed E-state index contributed by atoms with van der Waals surface area (Å²) in [4.78, 5) is 15.1. The number of rotatable bonds is 2. The molecule has 0 bridgehead atoms. The second kappa shape index (κ2) is 5.42. The van der Waals surface area contributed by atoms with Crippen LogP contribution in [0.2, 0.25) is 0 Å². The molecule has 5 heteroatoms. The number of aromatic nitrogens is 3. The van der Waals surface area contributed by atoms with Crippen LogP contribution < -0.4 is 0 Å². The second-order valence-corrected chi connectivity index (χ2v) is 5.56. The van der Waals surface area contributed by atoms with Crippen LogP contribution in [0.25, 0.3) is 10.9 Å². The van der Waals surface area contributed by atoms with Gasteiger partial charge in [-0.25, -0.2) is 14.4 Å². The van der Waals surface area contributed by atoms with Crippen LogP contribution in [0, 0.1) is 5.82 Å². The van der Waals surface area contributed by atoms with Gasteiger partial charge in [-0.2, -0.15) is 0 Å². The highest BCUT2D eigenvalue weighted by Gasteiger charge is 2.18. The molecule has 0 spiro atoms. The van der Waals surface area contributed by atoms with Gasteiger partial charge < -0.3 is 0 Å². The number of fused-ring (bicyclic) bond motifs is 2. The first-order valence-corrected chi connectivity index (χ1v) is 7.33. The molecule has 4 rings (SSSR count). The molecule has 0 fully saturated rings. The van der Waals surface area contributed by atoms with E-state index in [1.165, 1.54) is 11.6 Å². The van der Waals surface area contributed by atoms with Gasteiger partial charge in [0, 0.05) is 37.4 Å². The number of benzene rings is 1. The maximum Gasteiger partial charge on any atom is 0.132 e. The van der Waals surface area contributed by atoms with Gasteiger partial charge in [-0.15, -0.1) is 0 Å². The van der Waals surface area contributed by atoms with Gasteiger partial charge in [0.05, 0.1) is 11.2 Å². The molecule has 0 N–H and O–H groups in total. The summed E-state index contributed by atoms with van der Waals surface area (Å²) in [6.45, 7) is 2.49. The van der Waals surface area contributed by atoms with Crippen molar-refractivity contribution in [1.29, 1.82) is 0 Å². The van der Waals surface area contributed by atoms with Crippen molar-refractivity contribution in [1.82, 2.24) is 19.9 Å². The van der Waals surface area contributed by atoms with Crippen molar-refractivity contribution in [2.24, 2.45) is 0 Å². The Bertz CT molecular complexity index is 834. The average molecular weight is 294 g/mol. The van der Waals surface area contributed by atoms with Crippen molar-refractivity contribution in [2.45, 2.75) is 19.5 Å². The summed E-state index contributed by atoms with van der Waals surface area (Å²) in [6, 6.07) is 6.91. The van der Waals surface area contributed by atoms with Crippen LogP contribution >= 0.6 is 0 Å². The summed E-state index contributed by atoms with van der Waals surface area (Å²) in [6.07, 6.45) is 6.15. The van der Waals surface area contributed by atoms with Crippen molar-refractivity contribution >= 4 is 10.9 Å². The number of pyridine rings is 1. The predicted octanol–water partition coefficient (Wildman–Crippen LogP) is 2.72. The largest absolute Gasteiger partial charge is 0.293 e. The first kappa shape index (κ1) is 13.3. The number of halogens is 1. The molecule has 1 aromatic carbocycles. The van der Waals surface area contributed by atoms with Gasteiger partial charge in [0.1, 0.15) is 12.1 Å². The molecule has 0 saturated heterocycles. The van der Waals surface area contributed by atoms with E-state index in [1.807, 2.05) is 12.3 Å². The van der Waals surface area contributed by atoms with Gasteiger partial charge in [0.25, 0.3) is 0 Å². The number of hydrogen-bond acceptors (Lipinski definition) is 4. The lowest BCUT2D eigenvalue weighted by molar-refractivity contribution is 0.242. The van der Waals surface area contributed by atoms with Crippen molar-refractivity contribution in [3.8, 4) is 0 Å². The lowest BCUT2D eigenvalue weighted by Gasteiger charge is -2.27. The SMILES string of the molecule is Fc1ccc(CN2CCc3cncnc3C2)c2ncccc12. The van der Waals surface area contributed by atoms with Crippen LogP contribution in [0.5, 0.6) is 0 Å². The summed E-state index contributed by atoms with van der Waals surface area (Å²) in [5.41, 5.74) is 4.10. The molecule has 3 heterocycles. The maximum atomic E-state index is 13.9. The monoisotopic (exact) mass is 294 g/mol. The Morgan fingerprint density at radius 3 is 3.09 bits per heavy atom. The zero-order valence-corrected chi connectivity index (χ0v) is 12.0. The van der Waals surface area contributed by atoms with Crippen LogP contribution in [-0.4, -0.2) is 26.4 Å². The van der Waals surface area contributed by atoms with E-state index in [9.17, 15) is 4.39 Å². The molecule has 22 heavy (non-hydrogen) atoms. The second-order valence-electron chi connectivity index (χ2n) is 5.56. The molecule has 0 amide bonds. The van der Waals surface area contributed by atoms with Crippen molar-refractivity contribution in [2.75, 3.05) is 6.54 Å². The predicted molar refractivity (Wildman–Crippen MR) is 81.6 cm³/mol. The van der Waals surface area contributed by atoms with E-state index >= 15 is 0 Å². The zero-order valence-electron chi connectivity index (χ0n) is 12.0. The molecular formula is C17H15FN4. The van der Waals surface area contributed by atoms with Crippen LogP contribution in [0.15, 0.2) is 43.0 Å². The fourth-order valence-corrected chi connectivity index (χ4v) is 3.00.